The van der Waals surface area contributed by atoms with Crippen LogP contribution >= 0.6 is 11.6 Å². The fourth-order valence-corrected chi connectivity index (χ4v) is 1.54. The standard InChI is InChI=1S/C8H11ClN4O/c1-14-5-3-13(4-5)7-2-6(10)11-8(9)12-7/h2,5H,3-4H2,1H3,(H2,10,11,12). The van der Waals surface area contributed by atoms with Crippen molar-refractivity contribution in [2.24, 2.45) is 0 Å². The molecule has 1 aromatic heterocycles. The number of rotatable bonds is 2. The lowest BCUT2D eigenvalue weighted by Crippen LogP contribution is -2.52. The second-order valence-corrected chi connectivity index (χ2v) is 3.52. The summed E-state index contributed by atoms with van der Waals surface area (Å²) in [4.78, 5) is 9.90. The lowest BCUT2D eigenvalue weighted by atomic mass is 10.2. The molecule has 5 nitrogen and oxygen atoms in total. The number of hydrogen-bond donors (Lipinski definition) is 1. The van der Waals surface area contributed by atoms with E-state index in [-0.39, 0.29) is 11.4 Å². The van der Waals surface area contributed by atoms with Gasteiger partial charge in [-0.05, 0) is 11.6 Å². The molecule has 2 heterocycles. The van der Waals surface area contributed by atoms with Crippen molar-refractivity contribution in [2.75, 3.05) is 30.8 Å². The summed E-state index contributed by atoms with van der Waals surface area (Å²) in [6.45, 7) is 1.65. The Labute approximate surface area is 86.8 Å². The molecule has 1 aliphatic rings. The van der Waals surface area contributed by atoms with Gasteiger partial charge in [0.15, 0.2) is 0 Å². The van der Waals surface area contributed by atoms with Gasteiger partial charge >= 0.3 is 0 Å². The second kappa shape index (κ2) is 3.59. The number of hydrogen-bond acceptors (Lipinski definition) is 5. The molecular formula is C8H11ClN4O. The maximum atomic E-state index is 5.69. The van der Waals surface area contributed by atoms with Crippen LogP contribution in [0.5, 0.6) is 0 Å². The van der Waals surface area contributed by atoms with E-state index in [4.69, 9.17) is 22.1 Å². The maximum absolute atomic E-state index is 5.69. The molecule has 0 amide bonds. The number of methoxy groups -OCH3 is 1. The first-order valence-electron chi connectivity index (χ1n) is 4.27. The van der Waals surface area contributed by atoms with Crippen LogP contribution in [0.2, 0.25) is 5.28 Å². The van der Waals surface area contributed by atoms with Gasteiger partial charge in [-0.3, -0.25) is 0 Å². The Kier molecular flexibility index (Phi) is 2.43. The van der Waals surface area contributed by atoms with Gasteiger partial charge in [0.25, 0.3) is 0 Å². The van der Waals surface area contributed by atoms with Crippen LogP contribution < -0.4 is 10.6 Å². The third-order valence-electron chi connectivity index (χ3n) is 2.21. The van der Waals surface area contributed by atoms with Gasteiger partial charge in [0.1, 0.15) is 11.6 Å². The van der Waals surface area contributed by atoms with Gasteiger partial charge in [-0.15, -0.1) is 0 Å². The average Bonchev–Trinajstić information content (AvgIpc) is 2.00. The molecule has 1 fully saturated rings. The van der Waals surface area contributed by atoms with Crippen molar-refractivity contribution in [1.29, 1.82) is 0 Å². The van der Waals surface area contributed by atoms with Crippen LogP contribution in [0, 0.1) is 0 Å². The SMILES string of the molecule is COC1CN(c2cc(N)nc(Cl)n2)C1. The monoisotopic (exact) mass is 214 g/mol. The zero-order valence-corrected chi connectivity index (χ0v) is 8.53. The second-order valence-electron chi connectivity index (χ2n) is 3.18. The molecule has 14 heavy (non-hydrogen) atoms. The lowest BCUT2D eigenvalue weighted by Gasteiger charge is -2.38. The summed E-state index contributed by atoms with van der Waals surface area (Å²) in [5, 5.41) is 0.181. The summed E-state index contributed by atoms with van der Waals surface area (Å²) < 4.78 is 5.15. The quantitative estimate of drug-likeness (QED) is 0.729. The van der Waals surface area contributed by atoms with Gasteiger partial charge in [0.05, 0.1) is 6.10 Å². The first-order chi connectivity index (χ1) is 6.69. The Morgan fingerprint density at radius 3 is 2.86 bits per heavy atom. The first kappa shape index (κ1) is 9.48. The minimum atomic E-state index is 0.181. The first-order valence-corrected chi connectivity index (χ1v) is 4.64. The van der Waals surface area contributed by atoms with Gasteiger partial charge in [-0.1, -0.05) is 0 Å². The summed E-state index contributed by atoms with van der Waals surface area (Å²) >= 11 is 5.69. The van der Waals surface area contributed by atoms with Crippen molar-refractivity contribution in [3.63, 3.8) is 0 Å². The molecule has 0 aliphatic carbocycles. The van der Waals surface area contributed by atoms with E-state index in [1.807, 2.05) is 4.90 Å². The molecule has 1 aromatic rings. The summed E-state index contributed by atoms with van der Waals surface area (Å²) in [7, 11) is 1.70. The van der Waals surface area contributed by atoms with Crippen LogP contribution in [0.1, 0.15) is 0 Å². The zero-order valence-electron chi connectivity index (χ0n) is 7.77. The number of nitrogens with zero attached hydrogens (tertiary/aromatic N) is 3. The van der Waals surface area contributed by atoms with E-state index in [9.17, 15) is 0 Å². The Morgan fingerprint density at radius 1 is 1.57 bits per heavy atom. The summed E-state index contributed by atoms with van der Waals surface area (Å²) in [5.41, 5.74) is 5.55. The summed E-state index contributed by atoms with van der Waals surface area (Å²) in [5.74, 6) is 1.15. The van der Waals surface area contributed by atoms with Crippen molar-refractivity contribution in [1.82, 2.24) is 9.97 Å². The molecule has 0 aromatic carbocycles. The number of nitrogens with two attached hydrogens (primary N) is 1. The Morgan fingerprint density at radius 2 is 2.29 bits per heavy atom. The topological polar surface area (TPSA) is 64.3 Å². The van der Waals surface area contributed by atoms with E-state index in [0.717, 1.165) is 18.9 Å². The predicted molar refractivity (Wildman–Crippen MR) is 54.5 cm³/mol. The van der Waals surface area contributed by atoms with Gasteiger partial charge in [-0.25, -0.2) is 9.97 Å². The van der Waals surface area contributed by atoms with E-state index >= 15 is 0 Å². The Hall–Kier alpha value is -1.07. The molecule has 0 bridgehead atoms. The molecule has 0 unspecified atom stereocenters. The third kappa shape index (κ3) is 1.73. The number of aromatic nitrogens is 2. The summed E-state index contributed by atoms with van der Waals surface area (Å²) in [6, 6.07) is 1.71. The van der Waals surface area contributed by atoms with E-state index in [0.29, 0.717) is 5.82 Å². The number of nitrogen functional groups attached to an aromatic ring is 1. The highest BCUT2D eigenvalue weighted by Crippen LogP contribution is 2.22. The van der Waals surface area contributed by atoms with Crippen molar-refractivity contribution >= 4 is 23.2 Å². The fraction of sp³-hybridized carbons (Fsp3) is 0.500. The predicted octanol–water partition coefficient (Wildman–Crippen LogP) is 0.547. The lowest BCUT2D eigenvalue weighted by molar-refractivity contribution is 0.0783. The molecular weight excluding hydrogens is 204 g/mol. The van der Waals surface area contributed by atoms with Gasteiger partial charge < -0.3 is 15.4 Å². The van der Waals surface area contributed by atoms with Crippen molar-refractivity contribution in [3.8, 4) is 0 Å². The number of ether oxygens (including phenoxy) is 1. The minimum absolute atomic E-state index is 0.181. The number of halogens is 1. The highest BCUT2D eigenvalue weighted by Gasteiger charge is 2.27. The molecule has 0 saturated carbocycles. The van der Waals surface area contributed by atoms with Crippen LogP contribution in [0.4, 0.5) is 11.6 Å². The van der Waals surface area contributed by atoms with E-state index < -0.39 is 0 Å². The Balaban J connectivity index is 2.10. The maximum Gasteiger partial charge on any atom is 0.226 e. The molecule has 2 rings (SSSR count). The van der Waals surface area contributed by atoms with E-state index in [1.54, 1.807) is 13.2 Å². The molecule has 0 radical (unpaired) electrons. The van der Waals surface area contributed by atoms with Crippen molar-refractivity contribution < 1.29 is 4.74 Å². The van der Waals surface area contributed by atoms with Crippen molar-refractivity contribution in [3.05, 3.63) is 11.3 Å². The van der Waals surface area contributed by atoms with Gasteiger partial charge in [0.2, 0.25) is 5.28 Å². The molecule has 1 saturated heterocycles. The van der Waals surface area contributed by atoms with E-state index in [1.165, 1.54) is 0 Å². The molecule has 1 aliphatic heterocycles. The highest BCUT2D eigenvalue weighted by atomic mass is 35.5. The minimum Gasteiger partial charge on any atom is -0.383 e. The highest BCUT2D eigenvalue weighted by molar-refractivity contribution is 6.28. The fourth-order valence-electron chi connectivity index (χ4n) is 1.36. The van der Waals surface area contributed by atoms with Crippen LogP contribution in [0.15, 0.2) is 6.07 Å². The largest absolute Gasteiger partial charge is 0.383 e. The molecule has 0 atom stereocenters. The third-order valence-corrected chi connectivity index (χ3v) is 2.38. The van der Waals surface area contributed by atoms with Crippen LogP contribution in [-0.4, -0.2) is 36.3 Å². The zero-order chi connectivity index (χ0) is 10.1. The molecule has 2 N–H and O–H groups in total. The molecule has 76 valence electrons. The van der Waals surface area contributed by atoms with Gasteiger partial charge in [-0.2, -0.15) is 0 Å². The van der Waals surface area contributed by atoms with Crippen molar-refractivity contribution in [2.45, 2.75) is 6.10 Å². The smallest absolute Gasteiger partial charge is 0.226 e. The van der Waals surface area contributed by atoms with Crippen LogP contribution in [0.3, 0.4) is 0 Å². The van der Waals surface area contributed by atoms with Crippen LogP contribution in [0.25, 0.3) is 0 Å². The molecule has 0 spiro atoms. The average molecular weight is 215 g/mol. The molecule has 6 heteroatoms. The van der Waals surface area contributed by atoms with Crippen LogP contribution in [-0.2, 0) is 4.74 Å². The number of anilines is 2. The van der Waals surface area contributed by atoms with E-state index in [2.05, 4.69) is 9.97 Å². The Bertz CT molecular complexity index is 320. The summed E-state index contributed by atoms with van der Waals surface area (Å²) in [6.07, 6.45) is 0.282. The van der Waals surface area contributed by atoms with Gasteiger partial charge in [0, 0.05) is 26.3 Å². The normalized spacial score (nSPS) is 16.9.